The average Bonchev–Trinajstić information content (AvgIpc) is 3.53. The molecule has 0 fully saturated rings. The summed E-state index contributed by atoms with van der Waals surface area (Å²) in [6, 6.07) is 18.3. The van der Waals surface area contributed by atoms with E-state index in [0.29, 0.717) is 38.5 Å². The lowest BCUT2D eigenvalue weighted by atomic mass is 10.0. The van der Waals surface area contributed by atoms with Crippen LogP contribution >= 0.6 is 22.9 Å². The first-order valence-electron chi connectivity index (χ1n) is 10.6. The molecule has 0 spiro atoms. The van der Waals surface area contributed by atoms with Gasteiger partial charge in [-0.2, -0.15) is 0 Å². The molecule has 2 aromatic carbocycles. The van der Waals surface area contributed by atoms with Crippen molar-refractivity contribution >= 4 is 45.5 Å². The summed E-state index contributed by atoms with van der Waals surface area (Å²) in [5.74, 6) is 0.714. The second kappa shape index (κ2) is 8.89. The average molecular weight is 490 g/mol. The molecule has 5 aromatic rings. The Kier molecular flexibility index (Phi) is 5.77. The molecule has 170 valence electrons. The highest BCUT2D eigenvalue weighted by Gasteiger charge is 2.23. The van der Waals surface area contributed by atoms with Gasteiger partial charge >= 0.3 is 0 Å². The number of benzene rings is 2. The first-order chi connectivity index (χ1) is 16.4. The van der Waals surface area contributed by atoms with Crippen LogP contribution in [0, 0.1) is 13.8 Å². The Labute approximate surface area is 204 Å². The monoisotopic (exact) mass is 489 g/mol. The summed E-state index contributed by atoms with van der Waals surface area (Å²) in [7, 11) is 0. The van der Waals surface area contributed by atoms with E-state index in [1.165, 1.54) is 11.3 Å². The number of carbonyl (C=O) groups is 2. The molecule has 0 aliphatic carbocycles. The van der Waals surface area contributed by atoms with Crippen LogP contribution in [0.3, 0.4) is 0 Å². The number of nitrogens with zero attached hydrogens (tertiary/aromatic N) is 3. The van der Waals surface area contributed by atoms with E-state index >= 15 is 0 Å². The standard InChI is InChI=1S/C25H20ClN5O2S/c1-14-11-18(23(32)17-8-4-5-9-19(17)26)25(34-14)31-15(2)29-30-22(31)13-27-24(33)21-12-16-7-3-6-10-20(16)28-21/h3-12,28H,13H2,1-2H3,(H,27,33). The molecule has 0 aliphatic heterocycles. The maximum absolute atomic E-state index is 13.3. The van der Waals surface area contributed by atoms with E-state index in [4.69, 9.17) is 11.6 Å². The van der Waals surface area contributed by atoms with Crippen molar-refractivity contribution in [2.24, 2.45) is 0 Å². The molecule has 0 radical (unpaired) electrons. The molecule has 9 heteroatoms. The third-order valence-electron chi connectivity index (χ3n) is 5.48. The summed E-state index contributed by atoms with van der Waals surface area (Å²) in [5.41, 5.74) is 2.30. The molecule has 0 saturated carbocycles. The fourth-order valence-electron chi connectivity index (χ4n) is 3.86. The minimum atomic E-state index is -0.252. The molecule has 7 nitrogen and oxygen atoms in total. The second-order valence-corrected chi connectivity index (χ2v) is 9.48. The Morgan fingerprint density at radius 3 is 2.59 bits per heavy atom. The van der Waals surface area contributed by atoms with Gasteiger partial charge in [-0.3, -0.25) is 14.2 Å². The number of aryl methyl sites for hydroxylation is 2. The van der Waals surface area contributed by atoms with Crippen LogP contribution in [0.4, 0.5) is 0 Å². The maximum Gasteiger partial charge on any atom is 0.268 e. The van der Waals surface area contributed by atoms with Gasteiger partial charge in [0.2, 0.25) is 0 Å². The Morgan fingerprint density at radius 2 is 1.79 bits per heavy atom. The Bertz CT molecular complexity index is 1510. The number of nitrogens with one attached hydrogen (secondary N) is 2. The van der Waals surface area contributed by atoms with Gasteiger partial charge in [0.25, 0.3) is 5.91 Å². The van der Waals surface area contributed by atoms with E-state index in [9.17, 15) is 9.59 Å². The number of rotatable bonds is 6. The topological polar surface area (TPSA) is 92.7 Å². The lowest BCUT2D eigenvalue weighted by Gasteiger charge is -2.10. The van der Waals surface area contributed by atoms with Gasteiger partial charge < -0.3 is 10.3 Å². The first-order valence-corrected chi connectivity index (χ1v) is 11.8. The number of para-hydroxylation sites is 1. The molecule has 1 amide bonds. The van der Waals surface area contributed by atoms with Crippen LogP contribution in [0.2, 0.25) is 5.02 Å². The van der Waals surface area contributed by atoms with Crippen LogP contribution in [0.1, 0.15) is 42.9 Å². The molecule has 0 bridgehead atoms. The second-order valence-electron chi connectivity index (χ2n) is 7.84. The number of hydrogen-bond acceptors (Lipinski definition) is 5. The molecular weight excluding hydrogens is 470 g/mol. The van der Waals surface area contributed by atoms with Gasteiger partial charge in [-0.1, -0.05) is 41.9 Å². The van der Waals surface area contributed by atoms with Gasteiger partial charge in [-0.15, -0.1) is 21.5 Å². The molecule has 0 atom stereocenters. The van der Waals surface area contributed by atoms with Gasteiger partial charge in [0.15, 0.2) is 11.6 Å². The van der Waals surface area contributed by atoms with Crippen molar-refractivity contribution < 1.29 is 9.59 Å². The minimum Gasteiger partial charge on any atom is -0.351 e. The highest BCUT2D eigenvalue weighted by Crippen LogP contribution is 2.31. The van der Waals surface area contributed by atoms with E-state index < -0.39 is 0 Å². The molecule has 0 unspecified atom stereocenters. The van der Waals surface area contributed by atoms with Crippen molar-refractivity contribution in [3.8, 4) is 5.00 Å². The predicted molar refractivity (Wildman–Crippen MR) is 133 cm³/mol. The smallest absolute Gasteiger partial charge is 0.268 e. The SMILES string of the molecule is Cc1cc(C(=O)c2ccccc2Cl)c(-n2c(C)nnc2CNC(=O)c2cc3ccccc3[nH]2)s1. The zero-order valence-electron chi connectivity index (χ0n) is 18.4. The third kappa shape index (κ3) is 4.02. The summed E-state index contributed by atoms with van der Waals surface area (Å²) in [6.07, 6.45) is 0. The van der Waals surface area contributed by atoms with E-state index in [1.54, 1.807) is 24.3 Å². The quantitative estimate of drug-likeness (QED) is 0.319. The van der Waals surface area contributed by atoms with E-state index in [-0.39, 0.29) is 18.2 Å². The predicted octanol–water partition coefficient (Wildman–Crippen LogP) is 5.24. The number of thiophene rings is 1. The number of ketones is 1. The summed E-state index contributed by atoms with van der Waals surface area (Å²) >= 11 is 7.75. The Morgan fingerprint density at radius 1 is 1.03 bits per heavy atom. The zero-order valence-corrected chi connectivity index (χ0v) is 20.0. The van der Waals surface area contributed by atoms with Crippen molar-refractivity contribution in [1.29, 1.82) is 0 Å². The van der Waals surface area contributed by atoms with E-state index in [0.717, 1.165) is 15.8 Å². The minimum absolute atomic E-state index is 0.145. The first kappa shape index (κ1) is 22.1. The summed E-state index contributed by atoms with van der Waals surface area (Å²) < 4.78 is 1.81. The number of carbonyl (C=O) groups excluding carboxylic acids is 2. The molecule has 0 aliphatic rings. The molecule has 34 heavy (non-hydrogen) atoms. The molecule has 5 rings (SSSR count). The number of amides is 1. The largest absolute Gasteiger partial charge is 0.351 e. The maximum atomic E-state index is 13.3. The molecular formula is C25H20ClN5O2S. The zero-order chi connectivity index (χ0) is 23.8. The molecule has 2 N–H and O–H groups in total. The number of H-pyrrole nitrogens is 1. The van der Waals surface area contributed by atoms with Crippen LogP contribution in [-0.2, 0) is 6.54 Å². The number of hydrogen-bond donors (Lipinski definition) is 2. The van der Waals surface area contributed by atoms with Gasteiger partial charge in [0.1, 0.15) is 16.5 Å². The lowest BCUT2D eigenvalue weighted by Crippen LogP contribution is -2.25. The highest BCUT2D eigenvalue weighted by molar-refractivity contribution is 7.15. The van der Waals surface area contributed by atoms with Crippen LogP contribution in [0.5, 0.6) is 0 Å². The fourth-order valence-corrected chi connectivity index (χ4v) is 5.15. The summed E-state index contributed by atoms with van der Waals surface area (Å²) in [4.78, 5) is 30.2. The Hall–Kier alpha value is -3.75. The fraction of sp³-hybridized carbons (Fsp3) is 0.120. The van der Waals surface area contributed by atoms with Crippen molar-refractivity contribution in [3.63, 3.8) is 0 Å². The molecule has 3 heterocycles. The third-order valence-corrected chi connectivity index (χ3v) is 6.84. The van der Waals surface area contributed by atoms with Crippen molar-refractivity contribution in [2.75, 3.05) is 0 Å². The van der Waals surface area contributed by atoms with Crippen molar-refractivity contribution in [3.05, 3.63) is 99.0 Å². The van der Waals surface area contributed by atoms with Crippen molar-refractivity contribution in [1.82, 2.24) is 25.1 Å². The van der Waals surface area contributed by atoms with Crippen molar-refractivity contribution in [2.45, 2.75) is 20.4 Å². The van der Waals surface area contributed by atoms with E-state index in [1.807, 2.05) is 54.8 Å². The van der Waals surface area contributed by atoms with Gasteiger partial charge in [0.05, 0.1) is 17.1 Å². The van der Waals surface area contributed by atoms with Crippen LogP contribution in [0.15, 0.2) is 60.7 Å². The van der Waals surface area contributed by atoms with E-state index in [2.05, 4.69) is 20.5 Å². The summed E-state index contributed by atoms with van der Waals surface area (Å²) in [6.45, 7) is 3.90. The highest BCUT2D eigenvalue weighted by atomic mass is 35.5. The lowest BCUT2D eigenvalue weighted by molar-refractivity contribution is 0.0944. The molecule has 0 saturated heterocycles. The van der Waals surface area contributed by atoms with Gasteiger partial charge in [0, 0.05) is 21.3 Å². The Balaban J connectivity index is 1.44. The number of aromatic nitrogens is 4. The van der Waals surface area contributed by atoms with Crippen LogP contribution in [-0.4, -0.2) is 31.4 Å². The van der Waals surface area contributed by atoms with Crippen LogP contribution < -0.4 is 5.32 Å². The van der Waals surface area contributed by atoms with Gasteiger partial charge in [-0.25, -0.2) is 0 Å². The van der Waals surface area contributed by atoms with Gasteiger partial charge in [-0.05, 0) is 44.2 Å². The number of aromatic amines is 1. The number of halogens is 1. The normalized spacial score (nSPS) is 11.1. The molecule has 3 aromatic heterocycles. The number of fused-ring (bicyclic) bond motifs is 1. The summed E-state index contributed by atoms with van der Waals surface area (Å²) in [5, 5.41) is 13.4. The van der Waals surface area contributed by atoms with Crippen LogP contribution in [0.25, 0.3) is 15.9 Å².